The molecule has 2 atom stereocenters. The summed E-state index contributed by atoms with van der Waals surface area (Å²) in [5.74, 6) is 0.0224. The van der Waals surface area contributed by atoms with Crippen LogP contribution in [0.2, 0.25) is 10.0 Å². The summed E-state index contributed by atoms with van der Waals surface area (Å²) in [7, 11) is 0. The largest absolute Gasteiger partial charge is 0.478 e. The lowest BCUT2D eigenvalue weighted by molar-refractivity contribution is -0.135. The summed E-state index contributed by atoms with van der Waals surface area (Å²) in [4.78, 5) is 31.6. The number of anilines is 1. The van der Waals surface area contributed by atoms with Crippen LogP contribution in [0.3, 0.4) is 0 Å². The summed E-state index contributed by atoms with van der Waals surface area (Å²) in [6.45, 7) is 1.97. The first-order valence-corrected chi connectivity index (χ1v) is 12.6. The zero-order valence-corrected chi connectivity index (χ0v) is 21.8. The number of hydrogen-bond donors (Lipinski definition) is 2. The van der Waals surface area contributed by atoms with Crippen LogP contribution in [0.15, 0.2) is 36.5 Å². The van der Waals surface area contributed by atoms with Gasteiger partial charge in [-0.3, -0.25) is 9.59 Å². The Morgan fingerprint density at radius 3 is 2.32 bits per heavy atom. The third kappa shape index (κ3) is 6.59. The lowest BCUT2D eigenvalue weighted by atomic mass is 9.96. The first kappa shape index (κ1) is 27.3. The lowest BCUT2D eigenvalue weighted by Gasteiger charge is -2.40. The maximum absolute atomic E-state index is 13.1. The Labute approximate surface area is 222 Å². The second-order valence-corrected chi connectivity index (χ2v) is 10.6. The number of amides is 2. The number of halogens is 5. The molecular weight excluding hydrogens is 532 g/mol. The van der Waals surface area contributed by atoms with Gasteiger partial charge >= 0.3 is 6.18 Å². The molecule has 0 radical (unpaired) electrons. The Kier molecular flexibility index (Phi) is 7.80. The number of nitrogens with one attached hydrogen (secondary N) is 2. The number of rotatable bonds is 7. The Morgan fingerprint density at radius 1 is 1.08 bits per heavy atom. The minimum atomic E-state index is -4.48. The normalized spacial score (nSPS) is 21.5. The summed E-state index contributed by atoms with van der Waals surface area (Å²) in [6.07, 6.45) is 0.0801. The standard InChI is InChI=1S/C25H27Cl2F3N4O3/c1-24(2,37-18-6-7-19(26)20(27)11-18)23(36)33-15-9-16-4-5-17(10-15)34(16)21-8-3-14(12-31-21)22(35)32-13-25(28,29)30/h3,6-8,11-12,15-17H,4-5,9-10,13H2,1-2H3,(H,32,35)(H,33,36). The summed E-state index contributed by atoms with van der Waals surface area (Å²) in [6, 6.07) is 8.18. The van der Waals surface area contributed by atoms with E-state index in [0.29, 0.717) is 34.5 Å². The van der Waals surface area contributed by atoms with Crippen molar-refractivity contribution in [1.82, 2.24) is 15.6 Å². The van der Waals surface area contributed by atoms with Crippen molar-refractivity contribution in [3.8, 4) is 5.75 Å². The monoisotopic (exact) mass is 558 g/mol. The van der Waals surface area contributed by atoms with Crippen molar-refractivity contribution in [2.75, 3.05) is 11.4 Å². The topological polar surface area (TPSA) is 83.6 Å². The minimum Gasteiger partial charge on any atom is -0.478 e. The molecule has 1 aromatic heterocycles. The molecule has 2 bridgehead atoms. The average Bonchev–Trinajstić information content (AvgIpc) is 3.09. The molecule has 12 heteroatoms. The first-order chi connectivity index (χ1) is 17.3. The van der Waals surface area contributed by atoms with Crippen molar-refractivity contribution >= 4 is 40.8 Å². The number of alkyl halides is 3. The number of hydrogen-bond acceptors (Lipinski definition) is 5. The Morgan fingerprint density at radius 2 is 1.76 bits per heavy atom. The molecule has 2 aromatic rings. The van der Waals surface area contributed by atoms with Gasteiger partial charge in [-0.2, -0.15) is 13.2 Å². The number of ether oxygens (including phenoxy) is 1. The molecule has 2 aliphatic heterocycles. The van der Waals surface area contributed by atoms with Crippen LogP contribution in [0.1, 0.15) is 49.9 Å². The van der Waals surface area contributed by atoms with E-state index < -0.39 is 24.2 Å². The number of carbonyl (C=O) groups is 2. The van der Waals surface area contributed by atoms with Gasteiger partial charge in [0.1, 0.15) is 18.1 Å². The molecule has 2 amide bonds. The Balaban J connectivity index is 1.35. The van der Waals surface area contributed by atoms with E-state index in [9.17, 15) is 22.8 Å². The number of fused-ring (bicyclic) bond motifs is 2. The molecule has 0 saturated carbocycles. The zero-order valence-electron chi connectivity index (χ0n) is 20.2. The van der Waals surface area contributed by atoms with E-state index in [0.717, 1.165) is 12.8 Å². The van der Waals surface area contributed by atoms with E-state index in [1.807, 2.05) is 5.32 Å². The maximum atomic E-state index is 13.1. The number of nitrogens with zero attached hydrogens (tertiary/aromatic N) is 2. The second kappa shape index (κ2) is 10.6. The highest BCUT2D eigenvalue weighted by Crippen LogP contribution is 2.39. The van der Waals surface area contributed by atoms with E-state index in [-0.39, 0.29) is 29.6 Å². The summed E-state index contributed by atoms with van der Waals surface area (Å²) >= 11 is 12.0. The zero-order chi connectivity index (χ0) is 27.0. The molecule has 2 fully saturated rings. The number of benzene rings is 1. The van der Waals surface area contributed by atoms with Crippen LogP contribution in [0.5, 0.6) is 5.75 Å². The molecule has 3 heterocycles. The number of piperidine rings is 1. The van der Waals surface area contributed by atoms with E-state index in [2.05, 4.69) is 15.2 Å². The van der Waals surface area contributed by atoms with Gasteiger partial charge in [-0.05, 0) is 63.8 Å². The summed E-state index contributed by atoms with van der Waals surface area (Å²) in [5, 5.41) is 5.69. The quantitative estimate of drug-likeness (QED) is 0.490. The molecule has 4 rings (SSSR count). The van der Waals surface area contributed by atoms with E-state index in [1.165, 1.54) is 12.3 Å². The Hall–Kier alpha value is -2.72. The van der Waals surface area contributed by atoms with Gasteiger partial charge in [-0.1, -0.05) is 23.2 Å². The molecular formula is C25H27Cl2F3N4O3. The minimum absolute atomic E-state index is 0.0506. The van der Waals surface area contributed by atoms with Crippen LogP contribution in [0.25, 0.3) is 0 Å². The highest BCUT2D eigenvalue weighted by molar-refractivity contribution is 6.42. The smallest absolute Gasteiger partial charge is 0.405 e. The van der Waals surface area contributed by atoms with Gasteiger partial charge in [0.25, 0.3) is 11.8 Å². The summed E-state index contributed by atoms with van der Waals surface area (Å²) in [5.41, 5.74) is -1.08. The predicted molar refractivity (Wildman–Crippen MR) is 134 cm³/mol. The van der Waals surface area contributed by atoms with Crippen molar-refractivity contribution in [3.05, 3.63) is 52.1 Å². The Bertz CT molecular complexity index is 1150. The van der Waals surface area contributed by atoms with E-state index in [1.54, 1.807) is 38.1 Å². The van der Waals surface area contributed by atoms with Gasteiger partial charge in [0.05, 0.1) is 15.6 Å². The van der Waals surface area contributed by atoms with Crippen LogP contribution < -0.4 is 20.3 Å². The van der Waals surface area contributed by atoms with Gasteiger partial charge in [0, 0.05) is 30.4 Å². The van der Waals surface area contributed by atoms with Crippen LogP contribution in [-0.2, 0) is 4.79 Å². The van der Waals surface area contributed by atoms with Crippen molar-refractivity contribution in [2.24, 2.45) is 0 Å². The molecule has 0 spiro atoms. The molecule has 2 unspecified atom stereocenters. The molecule has 2 aliphatic rings. The fourth-order valence-electron chi connectivity index (χ4n) is 4.87. The molecule has 2 saturated heterocycles. The van der Waals surface area contributed by atoms with Crippen LogP contribution in [-0.4, -0.2) is 53.2 Å². The van der Waals surface area contributed by atoms with Crippen LogP contribution >= 0.6 is 23.2 Å². The molecule has 200 valence electrons. The highest BCUT2D eigenvalue weighted by Gasteiger charge is 2.43. The predicted octanol–water partition coefficient (Wildman–Crippen LogP) is 5.15. The second-order valence-electron chi connectivity index (χ2n) is 9.83. The lowest BCUT2D eigenvalue weighted by Crippen LogP contribution is -2.55. The SMILES string of the molecule is CC(C)(Oc1ccc(Cl)c(Cl)c1)C(=O)NC1CC2CCC(C1)N2c1ccc(C(=O)NCC(F)(F)F)cn1. The highest BCUT2D eigenvalue weighted by atomic mass is 35.5. The van der Waals surface area contributed by atoms with E-state index in [4.69, 9.17) is 27.9 Å². The van der Waals surface area contributed by atoms with Crippen LogP contribution in [0.4, 0.5) is 19.0 Å². The third-order valence-electron chi connectivity index (χ3n) is 6.60. The third-order valence-corrected chi connectivity index (χ3v) is 7.34. The molecule has 2 N–H and O–H groups in total. The number of pyridine rings is 1. The number of carbonyl (C=O) groups excluding carboxylic acids is 2. The molecule has 37 heavy (non-hydrogen) atoms. The van der Waals surface area contributed by atoms with Crippen LogP contribution in [0, 0.1) is 0 Å². The van der Waals surface area contributed by atoms with Gasteiger partial charge in [0.2, 0.25) is 0 Å². The maximum Gasteiger partial charge on any atom is 0.405 e. The average molecular weight is 559 g/mol. The van der Waals surface area contributed by atoms with Gasteiger partial charge < -0.3 is 20.3 Å². The van der Waals surface area contributed by atoms with Crippen molar-refractivity contribution in [1.29, 1.82) is 0 Å². The number of aromatic nitrogens is 1. The van der Waals surface area contributed by atoms with Gasteiger partial charge in [-0.25, -0.2) is 4.98 Å². The molecule has 7 nitrogen and oxygen atoms in total. The fraction of sp³-hybridized carbons (Fsp3) is 0.480. The first-order valence-electron chi connectivity index (χ1n) is 11.9. The van der Waals surface area contributed by atoms with Crippen molar-refractivity contribution in [2.45, 2.75) is 69.4 Å². The summed E-state index contributed by atoms with van der Waals surface area (Å²) < 4.78 is 43.0. The molecule has 0 aliphatic carbocycles. The van der Waals surface area contributed by atoms with Crippen molar-refractivity contribution < 1.29 is 27.5 Å². The fourth-order valence-corrected chi connectivity index (χ4v) is 5.15. The van der Waals surface area contributed by atoms with Crippen molar-refractivity contribution in [3.63, 3.8) is 0 Å². The molecule has 1 aromatic carbocycles. The van der Waals surface area contributed by atoms with E-state index >= 15 is 0 Å². The van der Waals surface area contributed by atoms with Gasteiger partial charge in [0.15, 0.2) is 5.60 Å². The van der Waals surface area contributed by atoms with Gasteiger partial charge in [-0.15, -0.1) is 0 Å².